The van der Waals surface area contributed by atoms with Crippen LogP contribution in [0.2, 0.25) is 0 Å². The van der Waals surface area contributed by atoms with Crippen LogP contribution in [0.3, 0.4) is 0 Å². The fourth-order valence-corrected chi connectivity index (χ4v) is 1.71. The van der Waals surface area contributed by atoms with Gasteiger partial charge in [-0.15, -0.1) is 0 Å². The van der Waals surface area contributed by atoms with Gasteiger partial charge in [0, 0.05) is 13.8 Å². The number of rotatable bonds is 10. The van der Waals surface area contributed by atoms with Crippen LogP contribution in [0.5, 0.6) is 0 Å². The average Bonchev–Trinajstić information content (AvgIpc) is 2.52. The third-order valence-corrected chi connectivity index (χ3v) is 2.99. The van der Waals surface area contributed by atoms with Crippen molar-refractivity contribution in [1.82, 2.24) is 10.6 Å². The molecular weight excluding hydrogens is 362 g/mol. The number of carboxylic acids is 2. The van der Waals surface area contributed by atoms with E-state index in [0.29, 0.717) is 25.8 Å². The summed E-state index contributed by atoms with van der Waals surface area (Å²) in [6.07, 6.45) is 0.425. The molecule has 0 aliphatic carbocycles. The summed E-state index contributed by atoms with van der Waals surface area (Å²) >= 11 is 0. The Morgan fingerprint density at radius 1 is 1.00 bits per heavy atom. The lowest BCUT2D eigenvalue weighted by atomic mass is 10.1. The first-order valence-electron chi connectivity index (χ1n) is 8.32. The van der Waals surface area contributed by atoms with Crippen molar-refractivity contribution in [1.29, 1.82) is 0 Å². The summed E-state index contributed by atoms with van der Waals surface area (Å²) < 4.78 is 4.68. The van der Waals surface area contributed by atoms with Gasteiger partial charge in [0.2, 0.25) is 11.8 Å². The van der Waals surface area contributed by atoms with Crippen LogP contribution in [0.4, 0.5) is 0 Å². The minimum Gasteiger partial charge on any atom is -0.481 e. The third-order valence-electron chi connectivity index (χ3n) is 2.99. The van der Waals surface area contributed by atoms with E-state index in [1.54, 1.807) is 0 Å². The molecule has 0 heterocycles. The van der Waals surface area contributed by atoms with Gasteiger partial charge in [-0.05, 0) is 39.7 Å². The monoisotopic (exact) mass is 391 g/mol. The maximum absolute atomic E-state index is 12.1. The number of carboxylic acid groups (broad SMARTS) is 2. The van der Waals surface area contributed by atoms with E-state index in [0.717, 1.165) is 6.92 Å². The van der Waals surface area contributed by atoms with E-state index < -0.39 is 42.0 Å². The van der Waals surface area contributed by atoms with Gasteiger partial charge in [-0.1, -0.05) is 0 Å². The highest BCUT2D eigenvalue weighted by molar-refractivity contribution is 5.90. The van der Waals surface area contributed by atoms with Crippen molar-refractivity contribution in [3.05, 3.63) is 0 Å². The SMILES string of the molecule is CC(=O)NC(CCCCN)C(=O)NC(C)C(=O)OC(C)C(=O)O.CC(=O)O. The first-order valence-corrected chi connectivity index (χ1v) is 8.32. The molecule has 2 amide bonds. The molecule has 3 atom stereocenters. The van der Waals surface area contributed by atoms with Crippen LogP contribution in [0.1, 0.15) is 47.0 Å². The van der Waals surface area contributed by atoms with Gasteiger partial charge in [-0.2, -0.15) is 0 Å². The zero-order valence-corrected chi connectivity index (χ0v) is 16.0. The second-order valence-electron chi connectivity index (χ2n) is 5.70. The molecule has 0 radical (unpaired) electrons. The molecule has 0 aromatic carbocycles. The zero-order chi connectivity index (χ0) is 21.6. The fourth-order valence-electron chi connectivity index (χ4n) is 1.71. The highest BCUT2D eigenvalue weighted by Crippen LogP contribution is 2.03. The van der Waals surface area contributed by atoms with E-state index in [1.165, 1.54) is 20.8 Å². The number of carbonyl (C=O) groups is 5. The first-order chi connectivity index (χ1) is 12.4. The Morgan fingerprint density at radius 3 is 1.93 bits per heavy atom. The van der Waals surface area contributed by atoms with Gasteiger partial charge in [0.25, 0.3) is 5.97 Å². The van der Waals surface area contributed by atoms with Crippen molar-refractivity contribution in [2.45, 2.75) is 65.1 Å². The number of esters is 1. The Labute approximate surface area is 157 Å². The molecule has 0 rings (SSSR count). The largest absolute Gasteiger partial charge is 0.481 e. The summed E-state index contributed by atoms with van der Waals surface area (Å²) in [7, 11) is 0. The van der Waals surface area contributed by atoms with Gasteiger partial charge < -0.3 is 31.3 Å². The molecule has 0 aliphatic rings. The normalized spacial score (nSPS) is 13.1. The van der Waals surface area contributed by atoms with E-state index in [2.05, 4.69) is 15.4 Å². The van der Waals surface area contributed by atoms with Gasteiger partial charge in [-0.3, -0.25) is 14.4 Å². The Kier molecular flexibility index (Phi) is 14.2. The van der Waals surface area contributed by atoms with Crippen LogP contribution in [0.25, 0.3) is 0 Å². The van der Waals surface area contributed by atoms with E-state index in [4.69, 9.17) is 20.7 Å². The summed E-state index contributed by atoms with van der Waals surface area (Å²) in [6.45, 7) is 5.43. The van der Waals surface area contributed by atoms with Crippen LogP contribution in [-0.2, 0) is 28.7 Å². The molecule has 3 unspecified atom stereocenters. The van der Waals surface area contributed by atoms with Crippen LogP contribution >= 0.6 is 0 Å². The number of nitrogens with one attached hydrogen (secondary N) is 2. The second-order valence-corrected chi connectivity index (χ2v) is 5.70. The van der Waals surface area contributed by atoms with Crippen LogP contribution in [0, 0.1) is 0 Å². The summed E-state index contributed by atoms with van der Waals surface area (Å²) in [5, 5.41) is 21.0. The van der Waals surface area contributed by atoms with E-state index in [-0.39, 0.29) is 5.91 Å². The van der Waals surface area contributed by atoms with E-state index >= 15 is 0 Å². The molecule has 0 fully saturated rings. The fraction of sp³-hybridized carbons (Fsp3) is 0.688. The predicted octanol–water partition coefficient (Wildman–Crippen LogP) is -0.768. The standard InChI is InChI=1S/C14H25N3O6.C2H4O2/c1-8(14(22)23-9(2)13(20)21)16-12(19)11(17-10(3)18)6-4-5-7-15;1-2(3)4/h8-9,11H,4-7,15H2,1-3H3,(H,16,19)(H,17,18)(H,20,21);1H3,(H,3,4). The van der Waals surface area contributed by atoms with Crippen molar-refractivity contribution in [3.63, 3.8) is 0 Å². The van der Waals surface area contributed by atoms with E-state index in [1.807, 2.05) is 0 Å². The van der Waals surface area contributed by atoms with Crippen molar-refractivity contribution in [3.8, 4) is 0 Å². The Hall–Kier alpha value is -2.69. The molecule has 11 heteroatoms. The topological polar surface area (TPSA) is 185 Å². The highest BCUT2D eigenvalue weighted by Gasteiger charge is 2.26. The van der Waals surface area contributed by atoms with E-state index in [9.17, 15) is 19.2 Å². The summed E-state index contributed by atoms with van der Waals surface area (Å²) in [4.78, 5) is 54.6. The third kappa shape index (κ3) is 15.3. The molecule has 156 valence electrons. The summed E-state index contributed by atoms with van der Waals surface area (Å²) in [5.74, 6) is -3.89. The smallest absolute Gasteiger partial charge is 0.344 e. The lowest BCUT2D eigenvalue weighted by Gasteiger charge is -2.20. The number of unbranched alkanes of at least 4 members (excludes halogenated alkanes) is 1. The number of hydrogen-bond donors (Lipinski definition) is 5. The molecule has 6 N–H and O–H groups in total. The van der Waals surface area contributed by atoms with Crippen LogP contribution in [0.15, 0.2) is 0 Å². The highest BCUT2D eigenvalue weighted by atomic mass is 16.6. The van der Waals surface area contributed by atoms with Gasteiger partial charge >= 0.3 is 11.9 Å². The molecular formula is C16H29N3O8. The van der Waals surface area contributed by atoms with Crippen molar-refractivity contribution >= 4 is 29.7 Å². The molecule has 27 heavy (non-hydrogen) atoms. The number of hydrogen-bond acceptors (Lipinski definition) is 7. The van der Waals surface area contributed by atoms with Gasteiger partial charge in [0.05, 0.1) is 0 Å². The number of ether oxygens (including phenoxy) is 1. The maximum atomic E-state index is 12.1. The minimum absolute atomic E-state index is 0.368. The number of amides is 2. The Morgan fingerprint density at radius 2 is 1.52 bits per heavy atom. The number of aliphatic carboxylic acids is 2. The molecule has 0 bridgehead atoms. The lowest BCUT2D eigenvalue weighted by molar-refractivity contribution is -0.164. The summed E-state index contributed by atoms with van der Waals surface area (Å²) in [5.41, 5.74) is 5.39. The van der Waals surface area contributed by atoms with Gasteiger partial charge in [0.15, 0.2) is 6.10 Å². The first kappa shape index (κ1) is 26.5. The molecule has 11 nitrogen and oxygen atoms in total. The minimum atomic E-state index is -1.31. The lowest BCUT2D eigenvalue weighted by Crippen LogP contribution is -2.51. The van der Waals surface area contributed by atoms with Crippen molar-refractivity contribution in [2.75, 3.05) is 6.54 Å². The summed E-state index contributed by atoms with van der Waals surface area (Å²) in [6, 6.07) is -1.82. The predicted molar refractivity (Wildman–Crippen MR) is 94.6 cm³/mol. The number of carbonyl (C=O) groups excluding carboxylic acids is 3. The molecule has 0 saturated heterocycles. The molecule has 0 saturated carbocycles. The maximum Gasteiger partial charge on any atom is 0.344 e. The van der Waals surface area contributed by atoms with Gasteiger partial charge in [-0.25, -0.2) is 9.59 Å². The quantitative estimate of drug-likeness (QED) is 0.235. The zero-order valence-electron chi connectivity index (χ0n) is 16.0. The molecule has 0 aliphatic heterocycles. The number of nitrogens with two attached hydrogens (primary N) is 1. The van der Waals surface area contributed by atoms with Gasteiger partial charge in [0.1, 0.15) is 12.1 Å². The average molecular weight is 391 g/mol. The second kappa shape index (κ2) is 14.5. The van der Waals surface area contributed by atoms with Crippen molar-refractivity contribution in [2.24, 2.45) is 5.73 Å². The molecule has 0 aromatic heterocycles. The van der Waals surface area contributed by atoms with Crippen LogP contribution in [-0.4, -0.2) is 64.7 Å². The van der Waals surface area contributed by atoms with Crippen molar-refractivity contribution < 1.29 is 38.9 Å². The molecule has 0 spiro atoms. The Balaban J connectivity index is 0. The van der Waals surface area contributed by atoms with Crippen LogP contribution < -0.4 is 16.4 Å². The molecule has 0 aromatic rings. The Bertz CT molecular complexity index is 520.